The van der Waals surface area contributed by atoms with Gasteiger partial charge in [-0.1, -0.05) is 32.9 Å². The van der Waals surface area contributed by atoms with Crippen LogP contribution in [0.4, 0.5) is 5.69 Å². The summed E-state index contributed by atoms with van der Waals surface area (Å²) >= 11 is 0. The van der Waals surface area contributed by atoms with Gasteiger partial charge in [0.15, 0.2) is 0 Å². The summed E-state index contributed by atoms with van der Waals surface area (Å²) in [5, 5.41) is 3.06. The third-order valence-electron chi connectivity index (χ3n) is 3.65. The van der Waals surface area contributed by atoms with E-state index in [0.717, 1.165) is 30.8 Å². The average molecular weight is 291 g/mol. The number of amides is 1. The molecule has 0 aliphatic rings. The number of benzene rings is 1. The summed E-state index contributed by atoms with van der Waals surface area (Å²) in [6.45, 7) is 10.5. The summed E-state index contributed by atoms with van der Waals surface area (Å²) in [7, 11) is 0. The van der Waals surface area contributed by atoms with Crippen LogP contribution >= 0.6 is 0 Å². The molecule has 1 aromatic carbocycles. The number of nitrogens with zero attached hydrogens (tertiary/aromatic N) is 1. The smallest absolute Gasteiger partial charge is 0.234 e. The van der Waals surface area contributed by atoms with E-state index < -0.39 is 0 Å². The van der Waals surface area contributed by atoms with Gasteiger partial charge in [-0.05, 0) is 43.5 Å². The van der Waals surface area contributed by atoms with Crippen LogP contribution in [-0.2, 0) is 11.3 Å². The SMILES string of the molecule is CCCN(CC(=O)NC(C)C(C)C)Cc1cccc(N)c1. The summed E-state index contributed by atoms with van der Waals surface area (Å²) in [5.41, 5.74) is 7.72. The average Bonchev–Trinajstić information content (AvgIpc) is 2.38. The molecule has 1 rings (SSSR count). The van der Waals surface area contributed by atoms with Crippen molar-refractivity contribution in [2.75, 3.05) is 18.8 Å². The molecule has 1 atom stereocenters. The van der Waals surface area contributed by atoms with E-state index in [0.29, 0.717) is 12.5 Å². The van der Waals surface area contributed by atoms with Crippen LogP contribution < -0.4 is 11.1 Å². The zero-order valence-corrected chi connectivity index (χ0v) is 13.7. The van der Waals surface area contributed by atoms with E-state index in [1.165, 1.54) is 0 Å². The van der Waals surface area contributed by atoms with Crippen LogP contribution in [0.5, 0.6) is 0 Å². The molecule has 0 aliphatic heterocycles. The largest absolute Gasteiger partial charge is 0.399 e. The fourth-order valence-corrected chi connectivity index (χ4v) is 2.15. The Morgan fingerprint density at radius 1 is 1.33 bits per heavy atom. The first kappa shape index (κ1) is 17.5. The number of hydrogen-bond donors (Lipinski definition) is 2. The highest BCUT2D eigenvalue weighted by Gasteiger charge is 2.14. The first-order valence-electron chi connectivity index (χ1n) is 7.78. The maximum Gasteiger partial charge on any atom is 0.234 e. The lowest BCUT2D eigenvalue weighted by Crippen LogP contribution is -2.42. The second-order valence-electron chi connectivity index (χ2n) is 6.06. The highest BCUT2D eigenvalue weighted by atomic mass is 16.2. The topological polar surface area (TPSA) is 58.4 Å². The molecular weight excluding hydrogens is 262 g/mol. The van der Waals surface area contributed by atoms with Crippen molar-refractivity contribution in [3.05, 3.63) is 29.8 Å². The van der Waals surface area contributed by atoms with Crippen molar-refractivity contribution in [2.45, 2.75) is 46.7 Å². The van der Waals surface area contributed by atoms with Crippen molar-refractivity contribution in [1.82, 2.24) is 10.2 Å². The molecule has 0 radical (unpaired) electrons. The highest BCUT2D eigenvalue weighted by Crippen LogP contribution is 2.10. The third-order valence-corrected chi connectivity index (χ3v) is 3.65. The lowest BCUT2D eigenvalue weighted by Gasteiger charge is -2.24. The Morgan fingerprint density at radius 3 is 2.62 bits per heavy atom. The van der Waals surface area contributed by atoms with Gasteiger partial charge in [0.05, 0.1) is 6.54 Å². The predicted molar refractivity (Wildman–Crippen MR) is 88.9 cm³/mol. The third kappa shape index (κ3) is 6.63. The Labute approximate surface area is 128 Å². The molecule has 0 saturated carbocycles. The maximum absolute atomic E-state index is 12.1. The first-order chi connectivity index (χ1) is 9.92. The van der Waals surface area contributed by atoms with Gasteiger partial charge < -0.3 is 11.1 Å². The number of nitrogens with two attached hydrogens (primary N) is 1. The first-order valence-corrected chi connectivity index (χ1v) is 7.78. The summed E-state index contributed by atoms with van der Waals surface area (Å²) in [6, 6.07) is 8.05. The molecule has 0 fully saturated rings. The van der Waals surface area contributed by atoms with E-state index in [9.17, 15) is 4.79 Å². The zero-order chi connectivity index (χ0) is 15.8. The molecule has 1 unspecified atom stereocenters. The standard InChI is InChI=1S/C17H29N3O/c1-5-9-20(11-15-7-6-8-16(18)10-15)12-17(21)19-14(4)13(2)3/h6-8,10,13-14H,5,9,11-12,18H2,1-4H3,(H,19,21). The van der Waals surface area contributed by atoms with E-state index in [1.807, 2.05) is 31.2 Å². The Hall–Kier alpha value is -1.55. The molecule has 0 aromatic heterocycles. The molecule has 3 N–H and O–H groups in total. The van der Waals surface area contributed by atoms with Crippen molar-refractivity contribution in [1.29, 1.82) is 0 Å². The van der Waals surface area contributed by atoms with Crippen LogP contribution in [0, 0.1) is 5.92 Å². The number of nitrogen functional groups attached to an aromatic ring is 1. The van der Waals surface area contributed by atoms with Crippen LogP contribution in [-0.4, -0.2) is 29.9 Å². The van der Waals surface area contributed by atoms with Crippen LogP contribution in [0.1, 0.15) is 39.7 Å². The molecule has 0 heterocycles. The van der Waals surface area contributed by atoms with Crippen molar-refractivity contribution >= 4 is 11.6 Å². The van der Waals surface area contributed by atoms with E-state index in [-0.39, 0.29) is 11.9 Å². The fourth-order valence-electron chi connectivity index (χ4n) is 2.15. The molecule has 0 aliphatic carbocycles. The van der Waals surface area contributed by atoms with Gasteiger partial charge in [0.2, 0.25) is 5.91 Å². The Balaban J connectivity index is 2.59. The van der Waals surface area contributed by atoms with Gasteiger partial charge >= 0.3 is 0 Å². The molecule has 4 heteroatoms. The fraction of sp³-hybridized carbons (Fsp3) is 0.588. The predicted octanol–water partition coefficient (Wildman–Crippen LogP) is 2.64. The Morgan fingerprint density at radius 2 is 2.05 bits per heavy atom. The molecular formula is C17H29N3O. The summed E-state index contributed by atoms with van der Waals surface area (Å²) in [4.78, 5) is 14.3. The molecule has 0 spiro atoms. The normalized spacial score (nSPS) is 12.7. The number of nitrogens with one attached hydrogen (secondary N) is 1. The minimum absolute atomic E-state index is 0.0913. The van der Waals surface area contributed by atoms with Gasteiger partial charge in [-0.15, -0.1) is 0 Å². The molecule has 1 amide bonds. The van der Waals surface area contributed by atoms with Gasteiger partial charge in [0.25, 0.3) is 0 Å². The maximum atomic E-state index is 12.1. The van der Waals surface area contributed by atoms with E-state index in [2.05, 4.69) is 31.0 Å². The van der Waals surface area contributed by atoms with Crippen LogP contribution in [0.15, 0.2) is 24.3 Å². The Kier molecular flexibility index (Phi) is 7.23. The van der Waals surface area contributed by atoms with Crippen LogP contribution in [0.2, 0.25) is 0 Å². The lowest BCUT2D eigenvalue weighted by atomic mass is 10.1. The van der Waals surface area contributed by atoms with Gasteiger partial charge in [-0.25, -0.2) is 0 Å². The van der Waals surface area contributed by atoms with Crippen LogP contribution in [0.25, 0.3) is 0 Å². The molecule has 0 saturated heterocycles. The van der Waals surface area contributed by atoms with Gasteiger partial charge in [-0.3, -0.25) is 9.69 Å². The molecule has 1 aromatic rings. The number of hydrogen-bond acceptors (Lipinski definition) is 3. The van der Waals surface area contributed by atoms with E-state index in [1.54, 1.807) is 0 Å². The number of carbonyl (C=O) groups is 1. The molecule has 21 heavy (non-hydrogen) atoms. The second kappa shape index (κ2) is 8.67. The van der Waals surface area contributed by atoms with Crippen molar-refractivity contribution in [3.63, 3.8) is 0 Å². The van der Waals surface area contributed by atoms with Crippen LogP contribution in [0.3, 0.4) is 0 Å². The highest BCUT2D eigenvalue weighted by molar-refractivity contribution is 5.78. The Bertz CT molecular complexity index is 445. The van der Waals surface area contributed by atoms with Crippen molar-refractivity contribution in [2.24, 2.45) is 5.92 Å². The van der Waals surface area contributed by atoms with Crippen molar-refractivity contribution < 1.29 is 4.79 Å². The van der Waals surface area contributed by atoms with Gasteiger partial charge in [-0.2, -0.15) is 0 Å². The summed E-state index contributed by atoms with van der Waals surface area (Å²) < 4.78 is 0. The lowest BCUT2D eigenvalue weighted by molar-refractivity contribution is -0.123. The molecule has 4 nitrogen and oxygen atoms in total. The van der Waals surface area contributed by atoms with E-state index in [4.69, 9.17) is 5.73 Å². The summed E-state index contributed by atoms with van der Waals surface area (Å²) in [6.07, 6.45) is 1.02. The second-order valence-corrected chi connectivity index (χ2v) is 6.06. The van der Waals surface area contributed by atoms with Crippen molar-refractivity contribution in [3.8, 4) is 0 Å². The quantitative estimate of drug-likeness (QED) is 0.724. The number of carbonyl (C=O) groups excluding carboxylic acids is 1. The molecule has 0 bridgehead atoms. The summed E-state index contributed by atoms with van der Waals surface area (Å²) in [5.74, 6) is 0.538. The monoisotopic (exact) mass is 291 g/mol. The van der Waals surface area contributed by atoms with E-state index >= 15 is 0 Å². The minimum atomic E-state index is 0.0913. The molecule has 118 valence electrons. The number of rotatable bonds is 8. The van der Waals surface area contributed by atoms with Gasteiger partial charge in [0.1, 0.15) is 0 Å². The number of anilines is 1. The zero-order valence-electron chi connectivity index (χ0n) is 13.7. The minimum Gasteiger partial charge on any atom is -0.399 e. The van der Waals surface area contributed by atoms with Gasteiger partial charge in [0, 0.05) is 18.3 Å².